The molecule has 0 aliphatic carbocycles. The number of fused-ring (bicyclic) bond motifs is 1. The summed E-state index contributed by atoms with van der Waals surface area (Å²) in [6, 6.07) is 12.9. The molecule has 0 fully saturated rings. The minimum atomic E-state index is 0.213. The van der Waals surface area contributed by atoms with Gasteiger partial charge in [-0.05, 0) is 41.6 Å². The summed E-state index contributed by atoms with van der Waals surface area (Å²) in [7, 11) is 1.99. The van der Waals surface area contributed by atoms with Gasteiger partial charge in [-0.25, -0.2) is 0 Å². The average molecular weight is 294 g/mol. The molecule has 2 aromatic heterocycles. The molecule has 18 heavy (non-hydrogen) atoms. The summed E-state index contributed by atoms with van der Waals surface area (Å²) >= 11 is 9.46. The van der Waals surface area contributed by atoms with Crippen molar-refractivity contribution in [3.63, 3.8) is 0 Å². The van der Waals surface area contributed by atoms with Crippen LogP contribution < -0.4 is 5.32 Å². The molecule has 0 spiro atoms. The quantitative estimate of drug-likeness (QED) is 0.722. The third kappa shape index (κ3) is 2.08. The minimum absolute atomic E-state index is 0.213. The van der Waals surface area contributed by atoms with Gasteiger partial charge in [-0.3, -0.25) is 0 Å². The van der Waals surface area contributed by atoms with Gasteiger partial charge in [0.05, 0.1) is 10.4 Å². The van der Waals surface area contributed by atoms with Crippen LogP contribution in [0, 0.1) is 0 Å². The van der Waals surface area contributed by atoms with Crippen molar-refractivity contribution in [2.45, 2.75) is 6.04 Å². The lowest BCUT2D eigenvalue weighted by molar-refractivity contribution is 0.710. The summed E-state index contributed by atoms with van der Waals surface area (Å²) in [6.07, 6.45) is 0. The SMILES string of the molecule is CNC(c1ccc(Cl)s1)c1cccc2ccsc12. The van der Waals surface area contributed by atoms with Crippen LogP contribution in [-0.2, 0) is 0 Å². The summed E-state index contributed by atoms with van der Waals surface area (Å²) in [5.74, 6) is 0. The highest BCUT2D eigenvalue weighted by atomic mass is 35.5. The first-order valence-electron chi connectivity index (χ1n) is 5.68. The van der Waals surface area contributed by atoms with Gasteiger partial charge in [0.2, 0.25) is 0 Å². The van der Waals surface area contributed by atoms with Gasteiger partial charge in [0.25, 0.3) is 0 Å². The van der Waals surface area contributed by atoms with E-state index in [0.717, 1.165) is 4.34 Å². The van der Waals surface area contributed by atoms with E-state index < -0.39 is 0 Å². The number of nitrogens with one attached hydrogen (secondary N) is 1. The number of rotatable bonds is 3. The van der Waals surface area contributed by atoms with Crippen molar-refractivity contribution in [2.75, 3.05) is 7.05 Å². The summed E-state index contributed by atoms with van der Waals surface area (Å²) in [6.45, 7) is 0. The standard InChI is InChI=1S/C14H12ClNS2/c1-16-13(11-5-6-12(15)18-11)10-4-2-3-9-7-8-17-14(9)10/h2-8,13,16H,1H3. The number of thiophene rings is 2. The van der Waals surface area contributed by atoms with E-state index in [4.69, 9.17) is 11.6 Å². The van der Waals surface area contributed by atoms with Crippen molar-refractivity contribution >= 4 is 44.4 Å². The van der Waals surface area contributed by atoms with Crippen LogP contribution in [0.1, 0.15) is 16.5 Å². The summed E-state index contributed by atoms with van der Waals surface area (Å²) in [5.41, 5.74) is 1.32. The molecule has 0 saturated heterocycles. The van der Waals surface area contributed by atoms with E-state index in [9.17, 15) is 0 Å². The topological polar surface area (TPSA) is 12.0 Å². The molecule has 1 aromatic carbocycles. The first kappa shape index (κ1) is 12.2. The molecule has 1 nitrogen and oxygen atoms in total. The van der Waals surface area contributed by atoms with Gasteiger partial charge in [-0.15, -0.1) is 22.7 Å². The van der Waals surface area contributed by atoms with E-state index in [1.54, 1.807) is 22.7 Å². The molecule has 1 unspecified atom stereocenters. The van der Waals surface area contributed by atoms with Crippen molar-refractivity contribution in [3.05, 3.63) is 56.6 Å². The second kappa shape index (κ2) is 5.02. The lowest BCUT2D eigenvalue weighted by Crippen LogP contribution is -2.16. The predicted molar refractivity (Wildman–Crippen MR) is 82.1 cm³/mol. The zero-order valence-electron chi connectivity index (χ0n) is 9.81. The Morgan fingerprint density at radius 3 is 2.78 bits per heavy atom. The van der Waals surface area contributed by atoms with E-state index in [1.807, 2.05) is 13.1 Å². The molecule has 1 atom stereocenters. The lowest BCUT2D eigenvalue weighted by Gasteiger charge is -2.15. The van der Waals surface area contributed by atoms with Crippen LogP contribution in [0.4, 0.5) is 0 Å². The molecule has 0 saturated carbocycles. The van der Waals surface area contributed by atoms with Crippen LogP contribution in [0.25, 0.3) is 10.1 Å². The Bertz CT molecular complexity index is 671. The molecule has 0 aliphatic rings. The van der Waals surface area contributed by atoms with Gasteiger partial charge in [0, 0.05) is 9.58 Å². The number of benzene rings is 1. The number of hydrogen-bond acceptors (Lipinski definition) is 3. The monoisotopic (exact) mass is 293 g/mol. The van der Waals surface area contributed by atoms with Gasteiger partial charge in [0.15, 0.2) is 0 Å². The maximum Gasteiger partial charge on any atom is 0.0931 e. The minimum Gasteiger partial charge on any atom is -0.309 e. The van der Waals surface area contributed by atoms with Crippen LogP contribution in [0.15, 0.2) is 41.8 Å². The van der Waals surface area contributed by atoms with E-state index in [-0.39, 0.29) is 6.04 Å². The van der Waals surface area contributed by atoms with Crippen LogP contribution in [0.5, 0.6) is 0 Å². The van der Waals surface area contributed by atoms with Crippen LogP contribution in [0.3, 0.4) is 0 Å². The summed E-state index contributed by atoms with van der Waals surface area (Å²) < 4.78 is 2.19. The third-order valence-corrected chi connectivity index (χ3v) is 5.26. The second-order valence-electron chi connectivity index (χ2n) is 4.05. The zero-order valence-corrected chi connectivity index (χ0v) is 12.2. The number of halogens is 1. The van der Waals surface area contributed by atoms with Gasteiger partial charge in [-0.2, -0.15) is 0 Å². The highest BCUT2D eigenvalue weighted by Gasteiger charge is 2.17. The fourth-order valence-corrected chi connectivity index (χ4v) is 4.31. The van der Waals surface area contributed by atoms with Crippen LogP contribution in [0.2, 0.25) is 4.34 Å². The Balaban J connectivity index is 2.14. The van der Waals surface area contributed by atoms with Crippen molar-refractivity contribution < 1.29 is 0 Å². The molecule has 0 radical (unpaired) electrons. The van der Waals surface area contributed by atoms with Crippen LogP contribution in [-0.4, -0.2) is 7.05 Å². The summed E-state index contributed by atoms with van der Waals surface area (Å²) in [4.78, 5) is 1.25. The van der Waals surface area contributed by atoms with Gasteiger partial charge < -0.3 is 5.32 Å². The third-order valence-electron chi connectivity index (χ3n) is 2.99. The Labute approximate surface area is 119 Å². The zero-order chi connectivity index (χ0) is 12.5. The fraction of sp³-hybridized carbons (Fsp3) is 0.143. The molecule has 2 heterocycles. The summed E-state index contributed by atoms with van der Waals surface area (Å²) in [5, 5.41) is 6.84. The second-order valence-corrected chi connectivity index (χ2v) is 6.71. The van der Waals surface area contributed by atoms with E-state index in [1.165, 1.54) is 20.5 Å². The highest BCUT2D eigenvalue weighted by molar-refractivity contribution is 7.17. The van der Waals surface area contributed by atoms with Crippen LogP contribution >= 0.6 is 34.3 Å². The Hall–Kier alpha value is -0.870. The highest BCUT2D eigenvalue weighted by Crippen LogP contribution is 2.35. The smallest absolute Gasteiger partial charge is 0.0931 e. The molecule has 4 heteroatoms. The Kier molecular flexibility index (Phi) is 3.39. The van der Waals surface area contributed by atoms with Crippen molar-refractivity contribution in [1.82, 2.24) is 5.32 Å². The molecule has 0 bridgehead atoms. The maximum absolute atomic E-state index is 6.04. The molecule has 3 aromatic rings. The van der Waals surface area contributed by atoms with Crippen molar-refractivity contribution in [2.24, 2.45) is 0 Å². The molecule has 0 amide bonds. The molecular formula is C14H12ClNS2. The number of hydrogen-bond donors (Lipinski definition) is 1. The largest absolute Gasteiger partial charge is 0.309 e. The van der Waals surface area contributed by atoms with Gasteiger partial charge in [0.1, 0.15) is 0 Å². The normalized spacial score (nSPS) is 13.0. The lowest BCUT2D eigenvalue weighted by atomic mass is 10.0. The maximum atomic E-state index is 6.04. The predicted octanol–water partition coefficient (Wildman–Crippen LogP) is 4.93. The van der Waals surface area contributed by atoms with E-state index in [0.29, 0.717) is 0 Å². The molecule has 1 N–H and O–H groups in total. The first-order chi connectivity index (χ1) is 8.79. The molecule has 92 valence electrons. The van der Waals surface area contributed by atoms with E-state index in [2.05, 4.69) is 41.0 Å². The van der Waals surface area contributed by atoms with E-state index >= 15 is 0 Å². The first-order valence-corrected chi connectivity index (χ1v) is 7.75. The Morgan fingerprint density at radius 1 is 1.17 bits per heavy atom. The van der Waals surface area contributed by atoms with Crippen molar-refractivity contribution in [3.8, 4) is 0 Å². The average Bonchev–Trinajstić information content (AvgIpc) is 2.99. The molecule has 3 rings (SSSR count). The van der Waals surface area contributed by atoms with Gasteiger partial charge >= 0.3 is 0 Å². The Morgan fingerprint density at radius 2 is 2.06 bits per heavy atom. The molecule has 0 aliphatic heterocycles. The van der Waals surface area contributed by atoms with Gasteiger partial charge in [-0.1, -0.05) is 29.8 Å². The fourth-order valence-electron chi connectivity index (χ4n) is 2.18. The molecular weight excluding hydrogens is 282 g/mol. The van der Waals surface area contributed by atoms with Crippen molar-refractivity contribution in [1.29, 1.82) is 0 Å².